The van der Waals surface area contributed by atoms with Crippen molar-refractivity contribution in [2.24, 2.45) is 0 Å². The van der Waals surface area contributed by atoms with Gasteiger partial charge in [0.2, 0.25) is 5.88 Å². The molecular weight excluding hydrogens is 484 g/mol. The van der Waals surface area contributed by atoms with Gasteiger partial charge < -0.3 is 27.5 Å². The predicted octanol–water partition coefficient (Wildman–Crippen LogP) is 4.25. The van der Waals surface area contributed by atoms with E-state index in [1.54, 1.807) is 19.2 Å². The first-order chi connectivity index (χ1) is 16.2. The summed E-state index contributed by atoms with van der Waals surface area (Å²) in [5, 5.41) is 11.8. The highest BCUT2D eigenvalue weighted by atomic mass is 28.5. The van der Waals surface area contributed by atoms with E-state index in [0.29, 0.717) is 6.61 Å². The molecule has 3 rings (SSSR count). The second kappa shape index (κ2) is 10.3. The molecule has 0 aromatic carbocycles. The molecule has 0 amide bonds. The van der Waals surface area contributed by atoms with Gasteiger partial charge in [0.1, 0.15) is 17.8 Å². The van der Waals surface area contributed by atoms with Crippen LogP contribution in [0.25, 0.3) is 0 Å². The van der Waals surface area contributed by atoms with E-state index in [0.717, 1.165) is 0 Å². The number of aliphatic hydroxyl groups is 1. The van der Waals surface area contributed by atoms with Gasteiger partial charge in [-0.25, -0.2) is 4.79 Å². The summed E-state index contributed by atoms with van der Waals surface area (Å²) in [6, 6.07) is 1.60. The van der Waals surface area contributed by atoms with Crippen LogP contribution in [0.15, 0.2) is 17.1 Å². The molecular formula is C24H44N2O7Si2. The van der Waals surface area contributed by atoms with E-state index in [1.807, 2.05) is 6.92 Å². The Kier molecular flexibility index (Phi) is 8.42. The molecule has 1 N–H and O–H groups in total. The highest BCUT2D eigenvalue weighted by molar-refractivity contribution is 6.84. The van der Waals surface area contributed by atoms with Crippen LogP contribution in [0.1, 0.15) is 75.5 Å². The highest BCUT2D eigenvalue weighted by Crippen LogP contribution is 2.50. The third-order valence-corrected chi connectivity index (χ3v) is 17.6. The SMILES string of the molecule is CCOc1ccn([C@@H]2O[C@@H]3CO[Si](C(C)C)(C(C)C)O[Si](C(C)C)(C(C)C)OC3[C@]2(C)O)c(=O)n1. The number of nitrogens with zero attached hydrogens (tertiary/aromatic N) is 2. The molecule has 3 heterocycles. The van der Waals surface area contributed by atoms with E-state index in [2.05, 4.69) is 60.4 Å². The van der Waals surface area contributed by atoms with Gasteiger partial charge in [0.05, 0.1) is 13.2 Å². The lowest BCUT2D eigenvalue weighted by Crippen LogP contribution is -2.66. The van der Waals surface area contributed by atoms with Crippen LogP contribution in [0.3, 0.4) is 0 Å². The Balaban J connectivity index is 2.10. The van der Waals surface area contributed by atoms with Crippen molar-refractivity contribution < 1.29 is 27.5 Å². The van der Waals surface area contributed by atoms with Gasteiger partial charge in [-0.3, -0.25) is 4.57 Å². The van der Waals surface area contributed by atoms with Gasteiger partial charge in [0.25, 0.3) is 0 Å². The van der Waals surface area contributed by atoms with E-state index in [9.17, 15) is 9.90 Å². The summed E-state index contributed by atoms with van der Waals surface area (Å²) in [7, 11) is -5.68. The average Bonchev–Trinajstić information content (AvgIpc) is 2.97. The molecule has 0 aliphatic carbocycles. The highest BCUT2D eigenvalue weighted by Gasteiger charge is 2.64. The predicted molar refractivity (Wildman–Crippen MR) is 138 cm³/mol. The van der Waals surface area contributed by atoms with Crippen LogP contribution in [0.2, 0.25) is 22.2 Å². The van der Waals surface area contributed by atoms with E-state index in [1.165, 1.54) is 4.57 Å². The smallest absolute Gasteiger partial charge is 0.353 e. The lowest BCUT2D eigenvalue weighted by atomic mass is 9.96. The fourth-order valence-corrected chi connectivity index (χ4v) is 16.8. The van der Waals surface area contributed by atoms with Crippen LogP contribution in [0.4, 0.5) is 0 Å². The molecule has 11 heteroatoms. The van der Waals surface area contributed by atoms with Gasteiger partial charge >= 0.3 is 22.8 Å². The molecule has 0 spiro atoms. The first-order valence-electron chi connectivity index (χ1n) is 12.8. The van der Waals surface area contributed by atoms with Gasteiger partial charge in [-0.15, -0.1) is 0 Å². The zero-order valence-electron chi connectivity index (χ0n) is 22.9. The summed E-state index contributed by atoms with van der Waals surface area (Å²) in [6.45, 7) is 21.3. The summed E-state index contributed by atoms with van der Waals surface area (Å²) < 4.78 is 33.9. The van der Waals surface area contributed by atoms with Gasteiger partial charge in [-0.05, 0) is 36.0 Å². The third kappa shape index (κ3) is 4.93. The van der Waals surface area contributed by atoms with Gasteiger partial charge in [0.15, 0.2) is 6.23 Å². The maximum absolute atomic E-state index is 12.9. The van der Waals surface area contributed by atoms with E-state index in [-0.39, 0.29) is 34.7 Å². The lowest BCUT2D eigenvalue weighted by molar-refractivity contribution is -0.0974. The molecule has 0 bridgehead atoms. The maximum Gasteiger partial charge on any atom is 0.353 e. The van der Waals surface area contributed by atoms with Crippen molar-refractivity contribution >= 4 is 17.1 Å². The van der Waals surface area contributed by atoms with Crippen molar-refractivity contribution in [2.75, 3.05) is 13.2 Å². The normalized spacial score (nSPS) is 30.5. The van der Waals surface area contributed by atoms with Crippen molar-refractivity contribution in [3.05, 3.63) is 22.7 Å². The minimum absolute atomic E-state index is 0.110. The van der Waals surface area contributed by atoms with Crippen molar-refractivity contribution in [3.63, 3.8) is 0 Å². The molecule has 35 heavy (non-hydrogen) atoms. The van der Waals surface area contributed by atoms with Crippen LogP contribution >= 0.6 is 0 Å². The molecule has 200 valence electrons. The van der Waals surface area contributed by atoms with Crippen molar-refractivity contribution in [1.29, 1.82) is 0 Å². The Morgan fingerprint density at radius 3 is 2.17 bits per heavy atom. The summed E-state index contributed by atoms with van der Waals surface area (Å²) in [5.41, 5.74) is -1.46. The molecule has 2 saturated heterocycles. The fourth-order valence-electron chi connectivity index (χ4n) is 5.49. The first-order valence-corrected chi connectivity index (χ1v) is 16.8. The first kappa shape index (κ1) is 28.5. The molecule has 2 fully saturated rings. The Morgan fingerprint density at radius 2 is 1.69 bits per heavy atom. The lowest BCUT2D eigenvalue weighted by Gasteiger charge is -2.52. The van der Waals surface area contributed by atoms with Crippen LogP contribution < -0.4 is 10.4 Å². The number of ether oxygens (including phenoxy) is 2. The Bertz CT molecular complexity index is 919. The van der Waals surface area contributed by atoms with Crippen molar-refractivity contribution in [3.8, 4) is 5.88 Å². The number of aromatic nitrogens is 2. The summed E-state index contributed by atoms with van der Waals surface area (Å²) in [5.74, 6) is 0.237. The number of hydrogen-bond donors (Lipinski definition) is 1. The quantitative estimate of drug-likeness (QED) is 0.524. The van der Waals surface area contributed by atoms with Gasteiger partial charge in [-0.1, -0.05) is 55.4 Å². The zero-order valence-corrected chi connectivity index (χ0v) is 24.9. The summed E-state index contributed by atoms with van der Waals surface area (Å²) in [4.78, 5) is 16.9. The minimum atomic E-state index is -2.95. The van der Waals surface area contributed by atoms with Gasteiger partial charge in [-0.2, -0.15) is 4.98 Å². The van der Waals surface area contributed by atoms with E-state index in [4.69, 9.17) is 22.4 Å². The van der Waals surface area contributed by atoms with Crippen LogP contribution in [-0.2, 0) is 17.7 Å². The second-order valence-electron chi connectivity index (χ2n) is 11.2. The molecule has 4 atom stereocenters. The Morgan fingerprint density at radius 1 is 1.11 bits per heavy atom. The molecule has 0 radical (unpaired) electrons. The molecule has 1 unspecified atom stereocenters. The molecule has 0 saturated carbocycles. The molecule has 1 aromatic rings. The summed E-state index contributed by atoms with van der Waals surface area (Å²) >= 11 is 0. The third-order valence-electron chi connectivity index (χ3n) is 7.39. The van der Waals surface area contributed by atoms with Crippen LogP contribution in [-0.4, -0.2) is 62.8 Å². The van der Waals surface area contributed by atoms with Crippen LogP contribution in [0, 0.1) is 0 Å². The van der Waals surface area contributed by atoms with Crippen molar-refractivity contribution in [2.45, 2.75) is 115 Å². The molecule has 1 aromatic heterocycles. The summed E-state index contributed by atoms with van der Waals surface area (Å²) in [6.07, 6.45) is -0.734. The number of hydrogen-bond acceptors (Lipinski definition) is 8. The molecule has 9 nitrogen and oxygen atoms in total. The van der Waals surface area contributed by atoms with E-state index >= 15 is 0 Å². The van der Waals surface area contributed by atoms with Gasteiger partial charge in [0, 0.05) is 12.3 Å². The Hall–Kier alpha value is -1.09. The number of fused-ring (bicyclic) bond motifs is 1. The second-order valence-corrected chi connectivity index (χ2v) is 20.0. The monoisotopic (exact) mass is 528 g/mol. The maximum atomic E-state index is 12.9. The van der Waals surface area contributed by atoms with E-state index < -0.39 is 46.8 Å². The largest absolute Gasteiger partial charge is 0.478 e. The Labute approximate surface area is 211 Å². The molecule has 2 aliphatic heterocycles. The average molecular weight is 529 g/mol. The molecule has 2 aliphatic rings. The van der Waals surface area contributed by atoms with Crippen molar-refractivity contribution in [1.82, 2.24) is 9.55 Å². The topological polar surface area (TPSA) is 101 Å². The van der Waals surface area contributed by atoms with Crippen LogP contribution in [0.5, 0.6) is 5.88 Å². The zero-order chi connectivity index (χ0) is 26.3. The fraction of sp³-hybridized carbons (Fsp3) is 0.833. The standard InChI is InChI=1S/C24H44N2O7Si2/c1-11-29-20-12-13-26(23(27)25-20)22-24(10,28)21-19(31-22)14-30-34(15(2)3,16(4)5)33-35(32-21,17(6)7)18(8)9/h12-13,15-19,21-22,28H,11,14H2,1-10H3/t19-,21?,22-,24+/m1/s1. The minimum Gasteiger partial charge on any atom is -0.478 e. The number of rotatable bonds is 7.